The molecule has 5 nitrogen and oxygen atoms in total. The molecular formula is C12H18F2N2O3S2. The highest BCUT2D eigenvalue weighted by molar-refractivity contribution is 7.90. The molecule has 1 N–H and O–H groups in total. The molecule has 1 heterocycles. The lowest BCUT2D eigenvalue weighted by Crippen LogP contribution is -2.30. The van der Waals surface area contributed by atoms with Gasteiger partial charge in [-0.3, -0.25) is 0 Å². The van der Waals surface area contributed by atoms with Crippen molar-refractivity contribution in [2.75, 3.05) is 5.75 Å². The minimum atomic E-state index is -3.58. The van der Waals surface area contributed by atoms with Crippen molar-refractivity contribution in [1.82, 2.24) is 10.2 Å². The summed E-state index contributed by atoms with van der Waals surface area (Å²) in [6, 6.07) is 0. The van der Waals surface area contributed by atoms with E-state index in [0.29, 0.717) is 11.3 Å². The third kappa shape index (κ3) is 4.93. The number of nitrogens with zero attached hydrogens (tertiary/aromatic N) is 2. The van der Waals surface area contributed by atoms with Crippen LogP contribution in [0.25, 0.3) is 0 Å². The predicted octanol–water partition coefficient (Wildman–Crippen LogP) is 2.33. The topological polar surface area (TPSA) is 80.2 Å². The Bertz CT molecular complexity index is 557. The van der Waals surface area contributed by atoms with E-state index in [9.17, 15) is 22.3 Å². The minimum absolute atomic E-state index is 0.0135. The van der Waals surface area contributed by atoms with Crippen LogP contribution in [0.3, 0.4) is 0 Å². The van der Waals surface area contributed by atoms with E-state index in [2.05, 4.69) is 10.2 Å². The Kier molecular flexibility index (Phi) is 5.61. The van der Waals surface area contributed by atoms with Crippen LogP contribution in [0, 0.1) is 5.92 Å². The lowest BCUT2D eigenvalue weighted by molar-refractivity contribution is 0.103. The molecule has 0 amide bonds. The van der Waals surface area contributed by atoms with Gasteiger partial charge in [-0.15, -0.1) is 10.2 Å². The summed E-state index contributed by atoms with van der Waals surface area (Å²) >= 11 is 0.597. The lowest BCUT2D eigenvalue weighted by atomic mass is 9.86. The molecule has 1 unspecified atom stereocenters. The molecule has 120 valence electrons. The van der Waals surface area contributed by atoms with E-state index in [4.69, 9.17) is 0 Å². The largest absolute Gasteiger partial charge is 0.392 e. The highest BCUT2D eigenvalue weighted by Gasteiger charge is 2.28. The fourth-order valence-electron chi connectivity index (χ4n) is 2.58. The van der Waals surface area contributed by atoms with Gasteiger partial charge < -0.3 is 5.11 Å². The smallest absolute Gasteiger partial charge is 0.291 e. The van der Waals surface area contributed by atoms with Crippen molar-refractivity contribution in [3.8, 4) is 0 Å². The zero-order valence-electron chi connectivity index (χ0n) is 11.4. The van der Waals surface area contributed by atoms with Crippen molar-refractivity contribution in [1.29, 1.82) is 0 Å². The molecule has 1 aromatic heterocycles. The van der Waals surface area contributed by atoms with Gasteiger partial charge in [0.1, 0.15) is 10.8 Å². The summed E-state index contributed by atoms with van der Waals surface area (Å²) in [5, 5.41) is 16.3. The zero-order valence-corrected chi connectivity index (χ0v) is 13.0. The SMILES string of the molecule is O=S(=O)(Cc1nnc(C(F)F)s1)CC(O)C1CCCCC1. The molecule has 0 spiro atoms. The third-order valence-corrected chi connectivity index (χ3v) is 6.31. The maximum absolute atomic E-state index is 12.4. The molecule has 1 fully saturated rings. The molecule has 0 bridgehead atoms. The van der Waals surface area contributed by atoms with Gasteiger partial charge in [0, 0.05) is 0 Å². The Hall–Kier alpha value is -0.670. The van der Waals surface area contributed by atoms with Gasteiger partial charge in [0.15, 0.2) is 14.8 Å². The summed E-state index contributed by atoms with van der Waals surface area (Å²) < 4.78 is 48.8. The van der Waals surface area contributed by atoms with Crippen molar-refractivity contribution in [3.63, 3.8) is 0 Å². The van der Waals surface area contributed by atoms with E-state index in [0.717, 1.165) is 32.1 Å². The molecule has 0 radical (unpaired) electrons. The number of halogens is 2. The van der Waals surface area contributed by atoms with Gasteiger partial charge in [0.2, 0.25) is 0 Å². The molecule has 1 aliphatic rings. The van der Waals surface area contributed by atoms with Crippen LogP contribution in [0.2, 0.25) is 0 Å². The van der Waals surface area contributed by atoms with Gasteiger partial charge in [-0.2, -0.15) is 0 Å². The molecule has 1 saturated carbocycles. The summed E-state index contributed by atoms with van der Waals surface area (Å²) in [4.78, 5) is 0. The normalized spacial score (nSPS) is 19.0. The van der Waals surface area contributed by atoms with Crippen LogP contribution in [0.1, 0.15) is 48.5 Å². The second-order valence-corrected chi connectivity index (χ2v) is 8.56. The number of hydrogen-bond donors (Lipinski definition) is 1. The van der Waals surface area contributed by atoms with Gasteiger partial charge in [0.05, 0.1) is 11.9 Å². The first-order valence-electron chi connectivity index (χ1n) is 6.86. The Labute approximate surface area is 126 Å². The average molecular weight is 340 g/mol. The monoisotopic (exact) mass is 340 g/mol. The second kappa shape index (κ2) is 7.06. The summed E-state index contributed by atoms with van der Waals surface area (Å²) in [7, 11) is -3.58. The fourth-order valence-corrected chi connectivity index (χ4v) is 5.19. The van der Waals surface area contributed by atoms with Gasteiger partial charge in [0.25, 0.3) is 6.43 Å². The third-order valence-electron chi connectivity index (χ3n) is 3.63. The Balaban J connectivity index is 1.94. The number of alkyl halides is 2. The molecule has 0 aromatic carbocycles. The Morgan fingerprint density at radius 1 is 1.24 bits per heavy atom. The van der Waals surface area contributed by atoms with Crippen LogP contribution in [-0.4, -0.2) is 35.6 Å². The predicted molar refractivity (Wildman–Crippen MR) is 74.9 cm³/mol. The van der Waals surface area contributed by atoms with Crippen LogP contribution in [-0.2, 0) is 15.6 Å². The van der Waals surface area contributed by atoms with E-state index in [1.807, 2.05) is 0 Å². The summed E-state index contributed by atoms with van der Waals surface area (Å²) in [5.74, 6) is -0.776. The molecule has 0 aliphatic heterocycles. The van der Waals surface area contributed by atoms with E-state index in [1.54, 1.807) is 0 Å². The number of aliphatic hydroxyl groups excluding tert-OH is 1. The summed E-state index contributed by atoms with van der Waals surface area (Å²) in [6.45, 7) is 0. The van der Waals surface area contributed by atoms with Crippen LogP contribution >= 0.6 is 11.3 Å². The van der Waals surface area contributed by atoms with Gasteiger partial charge in [-0.25, -0.2) is 17.2 Å². The van der Waals surface area contributed by atoms with Gasteiger partial charge in [-0.1, -0.05) is 30.6 Å². The molecule has 0 saturated heterocycles. The second-order valence-electron chi connectivity index (χ2n) is 5.35. The maximum atomic E-state index is 12.4. The molecule has 21 heavy (non-hydrogen) atoms. The number of sulfone groups is 1. The van der Waals surface area contributed by atoms with E-state index in [-0.39, 0.29) is 16.7 Å². The maximum Gasteiger partial charge on any atom is 0.291 e. The first-order chi connectivity index (χ1) is 9.87. The summed E-state index contributed by atoms with van der Waals surface area (Å²) in [6.07, 6.45) is 1.18. The zero-order chi connectivity index (χ0) is 15.5. The van der Waals surface area contributed by atoms with Gasteiger partial charge in [-0.05, 0) is 18.8 Å². The first kappa shape index (κ1) is 16.7. The van der Waals surface area contributed by atoms with Crippen molar-refractivity contribution in [2.45, 2.75) is 50.4 Å². The molecule has 1 aromatic rings. The van der Waals surface area contributed by atoms with Gasteiger partial charge >= 0.3 is 0 Å². The van der Waals surface area contributed by atoms with Crippen molar-refractivity contribution < 1.29 is 22.3 Å². The summed E-state index contributed by atoms with van der Waals surface area (Å²) in [5.41, 5.74) is 0. The molecule has 2 rings (SSSR count). The van der Waals surface area contributed by atoms with E-state index in [1.165, 1.54) is 0 Å². The van der Waals surface area contributed by atoms with Crippen molar-refractivity contribution in [2.24, 2.45) is 5.92 Å². The van der Waals surface area contributed by atoms with Crippen molar-refractivity contribution >= 4 is 21.2 Å². The quantitative estimate of drug-likeness (QED) is 0.860. The number of aromatic nitrogens is 2. The highest BCUT2D eigenvalue weighted by Crippen LogP contribution is 2.28. The number of hydrogen-bond acceptors (Lipinski definition) is 6. The highest BCUT2D eigenvalue weighted by atomic mass is 32.2. The Morgan fingerprint density at radius 2 is 1.90 bits per heavy atom. The van der Waals surface area contributed by atoms with E-state index < -0.39 is 33.1 Å². The van der Waals surface area contributed by atoms with E-state index >= 15 is 0 Å². The fraction of sp³-hybridized carbons (Fsp3) is 0.833. The molecule has 9 heteroatoms. The van der Waals surface area contributed by atoms with Crippen LogP contribution < -0.4 is 0 Å². The van der Waals surface area contributed by atoms with Crippen LogP contribution in [0.4, 0.5) is 8.78 Å². The molecule has 1 aliphatic carbocycles. The van der Waals surface area contributed by atoms with Crippen molar-refractivity contribution in [3.05, 3.63) is 10.0 Å². The molecular weight excluding hydrogens is 322 g/mol. The lowest BCUT2D eigenvalue weighted by Gasteiger charge is -2.26. The number of aliphatic hydroxyl groups is 1. The van der Waals surface area contributed by atoms with Crippen LogP contribution in [0.5, 0.6) is 0 Å². The first-order valence-corrected chi connectivity index (χ1v) is 9.50. The molecule has 1 atom stereocenters. The Morgan fingerprint density at radius 3 is 2.48 bits per heavy atom. The standard InChI is InChI=1S/C12H18F2N2O3S2/c13-11(14)12-16-15-10(20-12)7-21(18,19)6-9(17)8-4-2-1-3-5-8/h8-9,11,17H,1-7H2. The minimum Gasteiger partial charge on any atom is -0.392 e. The number of rotatable bonds is 6. The van der Waals surface area contributed by atoms with Crippen LogP contribution in [0.15, 0.2) is 0 Å². The average Bonchev–Trinajstić information content (AvgIpc) is 2.87.